The summed E-state index contributed by atoms with van der Waals surface area (Å²) in [5, 5.41) is 2.87. The van der Waals surface area contributed by atoms with Gasteiger partial charge in [0, 0.05) is 10.6 Å². The van der Waals surface area contributed by atoms with E-state index < -0.39 is 5.97 Å². The summed E-state index contributed by atoms with van der Waals surface area (Å²) < 4.78 is 5.25. The van der Waals surface area contributed by atoms with Crippen LogP contribution in [0.1, 0.15) is 65.2 Å². The van der Waals surface area contributed by atoms with Crippen molar-refractivity contribution < 1.29 is 14.3 Å². The van der Waals surface area contributed by atoms with Crippen molar-refractivity contribution in [3.05, 3.63) is 51.2 Å². The number of hydrogen-bond acceptors (Lipinski definition) is 4. The molecule has 1 aromatic carbocycles. The molecule has 4 nitrogen and oxygen atoms in total. The lowest BCUT2D eigenvalue weighted by Gasteiger charge is -2.16. The Morgan fingerprint density at radius 3 is 2.89 bits per heavy atom. The molecule has 5 heteroatoms. The first-order valence-electron chi connectivity index (χ1n) is 9.65. The Balaban J connectivity index is 1.58. The van der Waals surface area contributed by atoms with Crippen molar-refractivity contribution in [2.45, 2.75) is 52.4 Å². The zero-order valence-electron chi connectivity index (χ0n) is 16.2. The van der Waals surface area contributed by atoms with E-state index in [9.17, 15) is 9.59 Å². The number of amides is 1. The van der Waals surface area contributed by atoms with Crippen LogP contribution in [0.5, 0.6) is 0 Å². The van der Waals surface area contributed by atoms with Crippen LogP contribution in [0.15, 0.2) is 30.3 Å². The van der Waals surface area contributed by atoms with Crippen molar-refractivity contribution in [1.29, 1.82) is 0 Å². The summed E-state index contributed by atoms with van der Waals surface area (Å²) in [4.78, 5) is 26.5. The van der Waals surface area contributed by atoms with Crippen molar-refractivity contribution in [1.82, 2.24) is 0 Å². The van der Waals surface area contributed by atoms with Gasteiger partial charge in [-0.15, -0.1) is 11.3 Å². The highest BCUT2D eigenvalue weighted by molar-refractivity contribution is 7.14. The van der Waals surface area contributed by atoms with E-state index in [1.165, 1.54) is 28.2 Å². The molecule has 0 spiro atoms. The van der Waals surface area contributed by atoms with Gasteiger partial charge in [-0.25, -0.2) is 4.79 Å². The zero-order valence-corrected chi connectivity index (χ0v) is 17.0. The topological polar surface area (TPSA) is 55.4 Å². The number of carbonyl (C=O) groups is 2. The predicted molar refractivity (Wildman–Crippen MR) is 110 cm³/mol. The minimum absolute atomic E-state index is 0.271. The number of para-hydroxylation sites is 1. The number of anilines is 1. The molecule has 1 aromatic heterocycles. The fourth-order valence-corrected chi connectivity index (χ4v) is 4.56. The molecule has 144 valence electrons. The SMILES string of the molecule is CC[C@@H](C)c1ccccc1NC(=O)COC(=O)c1cc2c(s1)CC[C@@H](C)C2. The molecule has 3 rings (SSSR count). The molecule has 2 atom stereocenters. The molecule has 0 fully saturated rings. The van der Waals surface area contributed by atoms with Crippen LogP contribution in [0.25, 0.3) is 0 Å². The Bertz CT molecular complexity index is 827. The van der Waals surface area contributed by atoms with Crippen LogP contribution < -0.4 is 5.32 Å². The van der Waals surface area contributed by atoms with Gasteiger partial charge in [0.1, 0.15) is 4.88 Å². The third kappa shape index (κ3) is 4.78. The molecular formula is C22H27NO3S. The highest BCUT2D eigenvalue weighted by atomic mass is 32.1. The summed E-state index contributed by atoms with van der Waals surface area (Å²) in [5.74, 6) is 0.290. The number of ether oxygens (including phenoxy) is 1. The van der Waals surface area contributed by atoms with Crippen LogP contribution in [0.2, 0.25) is 0 Å². The fourth-order valence-electron chi connectivity index (χ4n) is 3.46. The summed E-state index contributed by atoms with van der Waals surface area (Å²) in [5.41, 5.74) is 3.14. The maximum absolute atomic E-state index is 12.3. The van der Waals surface area contributed by atoms with E-state index in [0.717, 1.165) is 30.5 Å². The van der Waals surface area contributed by atoms with Gasteiger partial charge in [-0.05, 0) is 60.8 Å². The number of nitrogens with one attached hydrogen (secondary N) is 1. The normalized spacial score (nSPS) is 17.1. The molecular weight excluding hydrogens is 358 g/mol. The average Bonchev–Trinajstić information content (AvgIpc) is 3.09. The van der Waals surface area contributed by atoms with Gasteiger partial charge in [0.2, 0.25) is 0 Å². The van der Waals surface area contributed by atoms with Gasteiger partial charge < -0.3 is 10.1 Å². The largest absolute Gasteiger partial charge is 0.451 e. The van der Waals surface area contributed by atoms with Crippen LogP contribution >= 0.6 is 11.3 Å². The second-order valence-corrected chi connectivity index (χ2v) is 8.56. The number of fused-ring (bicyclic) bond motifs is 1. The fraction of sp³-hybridized carbons (Fsp3) is 0.455. The van der Waals surface area contributed by atoms with Gasteiger partial charge in [0.25, 0.3) is 5.91 Å². The highest BCUT2D eigenvalue weighted by Crippen LogP contribution is 2.32. The van der Waals surface area contributed by atoms with E-state index in [-0.39, 0.29) is 12.5 Å². The average molecular weight is 386 g/mol. The Kier molecular flexibility index (Phi) is 6.32. The summed E-state index contributed by atoms with van der Waals surface area (Å²) in [6.07, 6.45) is 4.21. The van der Waals surface area contributed by atoms with Crippen molar-refractivity contribution in [2.75, 3.05) is 11.9 Å². The van der Waals surface area contributed by atoms with E-state index in [4.69, 9.17) is 4.74 Å². The third-order valence-electron chi connectivity index (χ3n) is 5.24. The van der Waals surface area contributed by atoms with E-state index in [2.05, 4.69) is 26.1 Å². The summed E-state index contributed by atoms with van der Waals surface area (Å²) in [7, 11) is 0. The number of hydrogen-bond donors (Lipinski definition) is 1. The van der Waals surface area contributed by atoms with Crippen molar-refractivity contribution in [3.63, 3.8) is 0 Å². The predicted octanol–water partition coefficient (Wildman–Crippen LogP) is 5.18. The Morgan fingerprint density at radius 1 is 1.33 bits per heavy atom. The van der Waals surface area contributed by atoms with Crippen LogP contribution in [-0.4, -0.2) is 18.5 Å². The lowest BCUT2D eigenvalue weighted by Crippen LogP contribution is -2.21. The van der Waals surface area contributed by atoms with E-state index in [0.29, 0.717) is 16.7 Å². The molecule has 1 aliphatic carbocycles. The smallest absolute Gasteiger partial charge is 0.348 e. The quantitative estimate of drug-likeness (QED) is 0.697. The molecule has 1 heterocycles. The minimum atomic E-state index is -0.410. The molecule has 2 aromatic rings. The molecule has 0 saturated heterocycles. The maximum Gasteiger partial charge on any atom is 0.348 e. The Labute approximate surface area is 164 Å². The minimum Gasteiger partial charge on any atom is -0.451 e. The first-order valence-corrected chi connectivity index (χ1v) is 10.5. The van der Waals surface area contributed by atoms with Gasteiger partial charge in [-0.3, -0.25) is 4.79 Å². The maximum atomic E-state index is 12.3. The summed E-state index contributed by atoms with van der Waals surface area (Å²) in [6.45, 7) is 6.21. The second-order valence-electron chi connectivity index (χ2n) is 7.43. The first kappa shape index (κ1) is 19.6. The number of esters is 1. The molecule has 1 aliphatic rings. The number of benzene rings is 1. The number of aryl methyl sites for hydroxylation is 1. The lowest BCUT2D eigenvalue weighted by atomic mass is 9.90. The van der Waals surface area contributed by atoms with Crippen molar-refractivity contribution in [3.8, 4) is 0 Å². The number of rotatable bonds is 6. The van der Waals surface area contributed by atoms with Gasteiger partial charge >= 0.3 is 5.97 Å². The lowest BCUT2D eigenvalue weighted by molar-refractivity contribution is -0.119. The molecule has 0 radical (unpaired) electrons. The third-order valence-corrected chi connectivity index (χ3v) is 6.46. The Hall–Kier alpha value is -2.14. The van der Waals surface area contributed by atoms with Crippen molar-refractivity contribution in [2.24, 2.45) is 5.92 Å². The van der Waals surface area contributed by atoms with Crippen LogP contribution in [0.4, 0.5) is 5.69 Å². The van der Waals surface area contributed by atoms with Crippen LogP contribution in [0, 0.1) is 5.92 Å². The molecule has 1 amide bonds. The first-order chi connectivity index (χ1) is 13.0. The summed E-state index contributed by atoms with van der Waals surface area (Å²) >= 11 is 1.50. The van der Waals surface area contributed by atoms with Crippen LogP contribution in [0.3, 0.4) is 0 Å². The monoisotopic (exact) mass is 385 g/mol. The van der Waals surface area contributed by atoms with E-state index >= 15 is 0 Å². The van der Waals surface area contributed by atoms with E-state index in [1.54, 1.807) is 0 Å². The molecule has 27 heavy (non-hydrogen) atoms. The van der Waals surface area contributed by atoms with Gasteiger partial charge in [-0.2, -0.15) is 0 Å². The van der Waals surface area contributed by atoms with Crippen LogP contribution in [-0.2, 0) is 22.4 Å². The van der Waals surface area contributed by atoms with Gasteiger partial charge in [0.05, 0.1) is 0 Å². The van der Waals surface area contributed by atoms with Gasteiger partial charge in [0.15, 0.2) is 6.61 Å². The molecule has 0 bridgehead atoms. The van der Waals surface area contributed by atoms with Gasteiger partial charge in [-0.1, -0.05) is 39.0 Å². The summed E-state index contributed by atoms with van der Waals surface area (Å²) in [6, 6.07) is 9.71. The highest BCUT2D eigenvalue weighted by Gasteiger charge is 2.22. The second kappa shape index (κ2) is 8.70. The number of thiophene rings is 1. The number of carbonyl (C=O) groups excluding carboxylic acids is 2. The van der Waals surface area contributed by atoms with Crippen molar-refractivity contribution >= 4 is 28.9 Å². The molecule has 0 saturated carbocycles. The molecule has 0 aliphatic heterocycles. The standard InChI is InChI=1S/C22H27NO3S/c1-4-15(3)17-7-5-6-8-18(17)23-21(24)13-26-22(25)20-12-16-11-14(2)9-10-19(16)27-20/h5-8,12,14-15H,4,9-11,13H2,1-3H3,(H,23,24)/t14-,15-/m1/s1. The van der Waals surface area contributed by atoms with E-state index in [1.807, 2.05) is 30.3 Å². The molecule has 1 N–H and O–H groups in total. The molecule has 0 unspecified atom stereocenters. The zero-order chi connectivity index (χ0) is 19.4. The Morgan fingerprint density at radius 2 is 2.11 bits per heavy atom.